The van der Waals surface area contributed by atoms with Crippen molar-refractivity contribution in [2.45, 2.75) is 4.75 Å². The number of carbonyl (C=O) groups is 1. The van der Waals surface area contributed by atoms with Crippen LogP contribution < -0.4 is 0 Å². The van der Waals surface area contributed by atoms with Gasteiger partial charge in [0.1, 0.15) is 0 Å². The van der Waals surface area contributed by atoms with Gasteiger partial charge in [0.25, 0.3) is 0 Å². The molecule has 30 heavy (non-hydrogen) atoms. The van der Waals surface area contributed by atoms with Crippen LogP contribution in [0.1, 0.15) is 27.0 Å². The minimum atomic E-state index is -0.494. The largest absolute Gasteiger partial charge is 0.293 e. The van der Waals surface area contributed by atoms with Crippen molar-refractivity contribution in [3.05, 3.63) is 143 Å². The normalized spacial score (nSPS) is 11.2. The van der Waals surface area contributed by atoms with Gasteiger partial charge in [0, 0.05) is 10.6 Å². The maximum Gasteiger partial charge on any atom is 0.172 e. The fourth-order valence-electron chi connectivity index (χ4n) is 3.66. The smallest absolute Gasteiger partial charge is 0.172 e. The van der Waals surface area contributed by atoms with E-state index in [0.29, 0.717) is 16.3 Å². The van der Waals surface area contributed by atoms with Crippen molar-refractivity contribution in [1.82, 2.24) is 0 Å². The Kier molecular flexibility index (Phi) is 6.37. The van der Waals surface area contributed by atoms with Gasteiger partial charge in [-0.15, -0.1) is 11.8 Å². The quantitative estimate of drug-likeness (QED) is 0.228. The minimum Gasteiger partial charge on any atom is -0.293 e. The second-order valence-electron chi connectivity index (χ2n) is 7.00. The van der Waals surface area contributed by atoms with Crippen LogP contribution in [0.25, 0.3) is 0 Å². The Morgan fingerprint density at radius 1 is 0.633 bits per heavy atom. The highest BCUT2D eigenvalue weighted by Crippen LogP contribution is 2.48. The molecule has 0 aliphatic rings. The molecule has 4 aromatic carbocycles. The van der Waals surface area contributed by atoms with E-state index in [1.807, 2.05) is 18.2 Å². The summed E-state index contributed by atoms with van der Waals surface area (Å²) in [6.07, 6.45) is 0. The van der Waals surface area contributed by atoms with Crippen LogP contribution in [0.3, 0.4) is 0 Å². The predicted molar refractivity (Wildman–Crippen MR) is 127 cm³/mol. The molecule has 0 fully saturated rings. The summed E-state index contributed by atoms with van der Waals surface area (Å²) in [5, 5.41) is 0.631. The first kappa shape index (κ1) is 20.5. The van der Waals surface area contributed by atoms with Crippen LogP contribution in [0.2, 0.25) is 5.02 Å². The molecule has 4 aromatic rings. The average Bonchev–Trinajstić information content (AvgIpc) is 2.82. The lowest BCUT2D eigenvalue weighted by Crippen LogP contribution is -2.27. The Hall–Kier alpha value is -2.81. The number of benzene rings is 4. The molecule has 0 saturated heterocycles. The monoisotopic (exact) mass is 428 g/mol. The van der Waals surface area contributed by atoms with Gasteiger partial charge < -0.3 is 0 Å². The molecule has 0 aliphatic carbocycles. The maximum atomic E-state index is 13.0. The van der Waals surface area contributed by atoms with Gasteiger partial charge in [-0.1, -0.05) is 103 Å². The van der Waals surface area contributed by atoms with Gasteiger partial charge in [0.15, 0.2) is 5.78 Å². The molecular formula is C27H21ClOS. The summed E-state index contributed by atoms with van der Waals surface area (Å²) < 4.78 is -0.494. The van der Waals surface area contributed by atoms with Gasteiger partial charge >= 0.3 is 0 Å². The summed E-state index contributed by atoms with van der Waals surface area (Å²) in [7, 11) is 0. The van der Waals surface area contributed by atoms with Crippen LogP contribution in [-0.4, -0.2) is 11.5 Å². The maximum absolute atomic E-state index is 13.0. The summed E-state index contributed by atoms with van der Waals surface area (Å²) in [6, 6.07) is 38.3. The summed E-state index contributed by atoms with van der Waals surface area (Å²) >= 11 is 7.64. The first-order valence-corrected chi connectivity index (χ1v) is 11.2. The second kappa shape index (κ2) is 9.34. The van der Waals surface area contributed by atoms with Gasteiger partial charge in [-0.3, -0.25) is 4.79 Å². The number of carbonyl (C=O) groups excluding carboxylic acids is 1. The first-order chi connectivity index (χ1) is 14.7. The minimum absolute atomic E-state index is 0.0869. The zero-order valence-electron chi connectivity index (χ0n) is 16.4. The van der Waals surface area contributed by atoms with Crippen LogP contribution in [-0.2, 0) is 4.75 Å². The van der Waals surface area contributed by atoms with E-state index in [9.17, 15) is 4.79 Å². The van der Waals surface area contributed by atoms with Crippen LogP contribution in [0.15, 0.2) is 115 Å². The summed E-state index contributed by atoms with van der Waals surface area (Å²) in [5.41, 5.74) is 4.12. The molecule has 0 aromatic heterocycles. The van der Waals surface area contributed by atoms with E-state index in [4.69, 9.17) is 11.6 Å². The van der Waals surface area contributed by atoms with Crippen molar-refractivity contribution in [3.8, 4) is 0 Å². The number of hydrogen-bond donors (Lipinski definition) is 0. The van der Waals surface area contributed by atoms with Gasteiger partial charge in [-0.05, 0) is 41.0 Å². The number of halogens is 1. The highest BCUT2D eigenvalue weighted by atomic mass is 35.5. The molecule has 0 bridgehead atoms. The van der Waals surface area contributed by atoms with Crippen molar-refractivity contribution in [2.24, 2.45) is 0 Å². The van der Waals surface area contributed by atoms with Gasteiger partial charge in [0.2, 0.25) is 0 Å². The lowest BCUT2D eigenvalue weighted by Gasteiger charge is -2.35. The zero-order valence-corrected chi connectivity index (χ0v) is 17.9. The lowest BCUT2D eigenvalue weighted by atomic mass is 9.84. The molecule has 0 heterocycles. The van der Waals surface area contributed by atoms with E-state index >= 15 is 0 Å². The highest BCUT2D eigenvalue weighted by Gasteiger charge is 2.37. The zero-order chi connectivity index (χ0) is 20.8. The average molecular weight is 429 g/mol. The number of Topliss-reactive ketones (excluding diaryl/α,β-unsaturated/α-hetero) is 1. The van der Waals surface area contributed by atoms with Crippen LogP contribution in [0.5, 0.6) is 0 Å². The molecule has 0 unspecified atom stereocenters. The first-order valence-electron chi connectivity index (χ1n) is 9.79. The van der Waals surface area contributed by atoms with Crippen molar-refractivity contribution >= 4 is 29.1 Å². The van der Waals surface area contributed by atoms with Crippen molar-refractivity contribution in [1.29, 1.82) is 0 Å². The molecule has 0 aliphatic heterocycles. The van der Waals surface area contributed by atoms with E-state index in [2.05, 4.69) is 72.8 Å². The molecule has 148 valence electrons. The fourth-order valence-corrected chi connectivity index (χ4v) is 5.21. The van der Waals surface area contributed by atoms with Crippen molar-refractivity contribution in [3.63, 3.8) is 0 Å². The third-order valence-electron chi connectivity index (χ3n) is 5.13. The molecule has 3 heteroatoms. The van der Waals surface area contributed by atoms with Crippen LogP contribution in [0.4, 0.5) is 0 Å². The lowest BCUT2D eigenvalue weighted by molar-refractivity contribution is 0.102. The topological polar surface area (TPSA) is 17.1 Å². The third-order valence-corrected chi connectivity index (χ3v) is 6.93. The molecule has 1 nitrogen and oxygen atoms in total. The summed E-state index contributed by atoms with van der Waals surface area (Å²) in [5.74, 6) is 0.434. The molecular weight excluding hydrogens is 408 g/mol. The van der Waals surface area contributed by atoms with Crippen LogP contribution in [0, 0.1) is 0 Å². The Balaban J connectivity index is 1.80. The number of hydrogen-bond acceptors (Lipinski definition) is 2. The van der Waals surface area contributed by atoms with E-state index in [1.165, 1.54) is 0 Å². The Bertz CT molecular complexity index is 997. The molecule has 4 rings (SSSR count). The SMILES string of the molecule is O=C(CSC(c1ccccc1)(c1ccccc1)c1ccccc1)c1ccc(Cl)cc1. The fraction of sp³-hybridized carbons (Fsp3) is 0.0741. The standard InChI is InChI=1S/C27H21ClOS/c28-25-18-16-21(17-19-25)26(29)20-30-27(22-10-4-1-5-11-22,23-12-6-2-7-13-23)24-14-8-3-9-15-24/h1-19H,20H2. The van der Waals surface area contributed by atoms with Gasteiger partial charge in [-0.2, -0.15) is 0 Å². The van der Waals surface area contributed by atoms with E-state index < -0.39 is 4.75 Å². The Morgan fingerprint density at radius 3 is 1.43 bits per heavy atom. The van der Waals surface area contributed by atoms with E-state index in [1.54, 1.807) is 36.0 Å². The molecule has 0 N–H and O–H groups in total. The van der Waals surface area contributed by atoms with E-state index in [-0.39, 0.29) is 5.78 Å². The molecule has 0 radical (unpaired) electrons. The Labute approximate surface area is 186 Å². The third kappa shape index (κ3) is 4.21. The highest BCUT2D eigenvalue weighted by molar-refractivity contribution is 8.01. The number of rotatable bonds is 7. The van der Waals surface area contributed by atoms with Crippen molar-refractivity contribution in [2.75, 3.05) is 5.75 Å². The summed E-state index contributed by atoms with van der Waals surface area (Å²) in [4.78, 5) is 13.0. The van der Waals surface area contributed by atoms with E-state index in [0.717, 1.165) is 16.7 Å². The predicted octanol–water partition coefficient (Wildman–Crippen LogP) is 7.25. The number of thioether (sulfide) groups is 1. The van der Waals surface area contributed by atoms with Crippen molar-refractivity contribution < 1.29 is 4.79 Å². The number of ketones is 1. The second-order valence-corrected chi connectivity index (χ2v) is 8.62. The van der Waals surface area contributed by atoms with Gasteiger partial charge in [-0.25, -0.2) is 0 Å². The molecule has 0 amide bonds. The molecule has 0 atom stereocenters. The molecule has 0 spiro atoms. The molecule has 0 saturated carbocycles. The van der Waals surface area contributed by atoms with Gasteiger partial charge in [0.05, 0.1) is 10.5 Å². The Morgan fingerprint density at radius 2 is 1.03 bits per heavy atom. The summed E-state index contributed by atoms with van der Waals surface area (Å²) in [6.45, 7) is 0. The van der Waals surface area contributed by atoms with Crippen LogP contribution >= 0.6 is 23.4 Å².